The van der Waals surface area contributed by atoms with Crippen molar-refractivity contribution in [3.8, 4) is 17.5 Å². The van der Waals surface area contributed by atoms with Gasteiger partial charge in [0.05, 0.1) is 17.9 Å². The predicted molar refractivity (Wildman–Crippen MR) is 133 cm³/mol. The number of piperazine rings is 1. The topological polar surface area (TPSA) is 139 Å². The van der Waals surface area contributed by atoms with Gasteiger partial charge in [0.2, 0.25) is 0 Å². The fraction of sp³-hybridized carbons (Fsp3) is 0.292. The average molecular weight is 485 g/mol. The summed E-state index contributed by atoms with van der Waals surface area (Å²) in [7, 11) is 1.63. The molecule has 0 saturated carbocycles. The zero-order chi connectivity index (χ0) is 24.8. The first kappa shape index (κ1) is 21.9. The SMILES string of the molecule is Cn1c(=O)nc2nc3c(c(-c4ccco4)nc(CCN4CCN(c5ccc(C#N)cc5)CC4)n3N)n21. The highest BCUT2D eigenvalue weighted by molar-refractivity contribution is 5.88. The summed E-state index contributed by atoms with van der Waals surface area (Å²) in [4.78, 5) is 30.2. The van der Waals surface area contributed by atoms with Crippen molar-refractivity contribution in [2.24, 2.45) is 7.05 Å². The van der Waals surface area contributed by atoms with E-state index in [2.05, 4.69) is 25.8 Å². The van der Waals surface area contributed by atoms with Crippen molar-refractivity contribution in [1.29, 1.82) is 5.26 Å². The molecule has 0 atom stereocenters. The molecule has 0 aliphatic carbocycles. The van der Waals surface area contributed by atoms with Crippen LogP contribution in [0.2, 0.25) is 0 Å². The smallest absolute Gasteiger partial charge is 0.365 e. The van der Waals surface area contributed by atoms with Crippen LogP contribution in [-0.2, 0) is 13.5 Å². The molecule has 5 aromatic rings. The molecule has 0 spiro atoms. The number of benzene rings is 1. The molecule has 4 aromatic heterocycles. The number of nitrogens with two attached hydrogens (primary N) is 1. The number of anilines is 1. The third-order valence-corrected chi connectivity index (χ3v) is 6.70. The summed E-state index contributed by atoms with van der Waals surface area (Å²) >= 11 is 0. The molecule has 0 bridgehead atoms. The van der Waals surface area contributed by atoms with E-state index in [9.17, 15) is 4.79 Å². The molecule has 36 heavy (non-hydrogen) atoms. The Balaban J connectivity index is 1.25. The van der Waals surface area contributed by atoms with Gasteiger partial charge >= 0.3 is 5.69 Å². The van der Waals surface area contributed by atoms with E-state index in [0.29, 0.717) is 40.4 Å². The van der Waals surface area contributed by atoms with Gasteiger partial charge in [0, 0.05) is 51.9 Å². The molecule has 1 fully saturated rings. The second-order valence-corrected chi connectivity index (χ2v) is 8.78. The number of nitrogen functional groups attached to an aromatic ring is 1. The zero-order valence-corrected chi connectivity index (χ0v) is 19.7. The third kappa shape index (κ3) is 3.57. The monoisotopic (exact) mass is 484 g/mol. The average Bonchev–Trinajstić information content (AvgIpc) is 3.63. The van der Waals surface area contributed by atoms with E-state index >= 15 is 0 Å². The maximum absolute atomic E-state index is 12.1. The van der Waals surface area contributed by atoms with Crippen LogP contribution in [0.3, 0.4) is 0 Å². The van der Waals surface area contributed by atoms with Crippen molar-refractivity contribution >= 4 is 22.6 Å². The molecule has 182 valence electrons. The Bertz CT molecular complexity index is 1650. The van der Waals surface area contributed by atoms with Gasteiger partial charge in [0.15, 0.2) is 11.4 Å². The Labute approximate surface area is 205 Å². The number of nitrogens with zero attached hydrogens (tertiary/aromatic N) is 9. The summed E-state index contributed by atoms with van der Waals surface area (Å²) in [5.74, 6) is 7.96. The van der Waals surface area contributed by atoms with Crippen molar-refractivity contribution < 1.29 is 4.42 Å². The second-order valence-electron chi connectivity index (χ2n) is 8.78. The molecule has 0 unspecified atom stereocenters. The summed E-state index contributed by atoms with van der Waals surface area (Å²) in [6, 6.07) is 13.5. The quantitative estimate of drug-likeness (QED) is 0.362. The van der Waals surface area contributed by atoms with Gasteiger partial charge in [-0.05, 0) is 36.4 Å². The Morgan fingerprint density at radius 3 is 2.56 bits per heavy atom. The lowest BCUT2D eigenvalue weighted by Gasteiger charge is -2.36. The summed E-state index contributed by atoms with van der Waals surface area (Å²) in [5, 5.41) is 9.01. The van der Waals surface area contributed by atoms with Crippen molar-refractivity contribution in [2.45, 2.75) is 6.42 Å². The third-order valence-electron chi connectivity index (χ3n) is 6.70. The molecule has 6 rings (SSSR count). The molecule has 1 aromatic carbocycles. The second kappa shape index (κ2) is 8.54. The van der Waals surface area contributed by atoms with Crippen molar-refractivity contribution in [3.63, 3.8) is 0 Å². The lowest BCUT2D eigenvalue weighted by Crippen LogP contribution is -2.47. The van der Waals surface area contributed by atoms with Gasteiger partial charge in [-0.2, -0.15) is 15.2 Å². The van der Waals surface area contributed by atoms with E-state index in [1.54, 1.807) is 23.9 Å². The maximum atomic E-state index is 12.1. The first-order valence-electron chi connectivity index (χ1n) is 11.7. The first-order chi connectivity index (χ1) is 17.5. The number of furan rings is 1. The number of nitriles is 1. The molecule has 5 heterocycles. The van der Waals surface area contributed by atoms with Gasteiger partial charge in [0.1, 0.15) is 17.0 Å². The lowest BCUT2D eigenvalue weighted by atomic mass is 10.2. The maximum Gasteiger partial charge on any atom is 0.365 e. The fourth-order valence-corrected chi connectivity index (χ4v) is 4.72. The van der Waals surface area contributed by atoms with E-state index in [1.807, 2.05) is 30.3 Å². The van der Waals surface area contributed by atoms with Crippen LogP contribution in [0.25, 0.3) is 28.4 Å². The summed E-state index contributed by atoms with van der Waals surface area (Å²) < 4.78 is 10.1. The largest absolute Gasteiger partial charge is 0.463 e. The summed E-state index contributed by atoms with van der Waals surface area (Å²) in [6.07, 6.45) is 2.20. The zero-order valence-electron chi connectivity index (χ0n) is 19.7. The molecule has 12 nitrogen and oxygen atoms in total. The Morgan fingerprint density at radius 2 is 1.86 bits per heavy atom. The highest BCUT2D eigenvalue weighted by Gasteiger charge is 2.24. The van der Waals surface area contributed by atoms with E-state index in [-0.39, 0.29) is 5.78 Å². The van der Waals surface area contributed by atoms with Gasteiger partial charge in [-0.1, -0.05) is 0 Å². The van der Waals surface area contributed by atoms with Crippen LogP contribution in [-0.4, -0.2) is 66.4 Å². The normalized spacial score (nSPS) is 14.6. The highest BCUT2D eigenvalue weighted by Crippen LogP contribution is 2.28. The molecule has 1 aliphatic heterocycles. The van der Waals surface area contributed by atoms with Gasteiger partial charge in [-0.15, -0.1) is 0 Å². The molecule has 1 saturated heterocycles. The van der Waals surface area contributed by atoms with Gasteiger partial charge in [0.25, 0.3) is 5.78 Å². The fourth-order valence-electron chi connectivity index (χ4n) is 4.72. The number of aromatic nitrogens is 6. The van der Waals surface area contributed by atoms with Crippen LogP contribution < -0.4 is 16.4 Å². The Hall–Kier alpha value is -4.63. The number of rotatable bonds is 5. The molecule has 0 amide bonds. The molecule has 1 aliphatic rings. The van der Waals surface area contributed by atoms with Crippen LogP contribution in [0.15, 0.2) is 51.9 Å². The van der Waals surface area contributed by atoms with E-state index < -0.39 is 5.69 Å². The minimum Gasteiger partial charge on any atom is -0.463 e. The molecular weight excluding hydrogens is 460 g/mol. The minimum absolute atomic E-state index is 0.266. The summed E-state index contributed by atoms with van der Waals surface area (Å²) in [5.41, 5.74) is 3.01. The standard InChI is InChI=1S/C24H24N10O2/c1-30-24(35)29-23-28-22-21(34(23)30)20(18-3-2-14-36-18)27-19(33(22)26)8-9-31-10-12-32(13-11-31)17-6-4-16(15-25)5-7-17/h2-7,14H,8-13,26H2,1H3. The van der Waals surface area contributed by atoms with Gasteiger partial charge in [-0.25, -0.2) is 23.7 Å². The number of aryl methyl sites for hydroxylation is 1. The molecular formula is C24H24N10O2. The number of imidazole rings is 1. The van der Waals surface area contributed by atoms with Crippen LogP contribution in [0.1, 0.15) is 11.4 Å². The number of hydrogen-bond donors (Lipinski definition) is 1. The van der Waals surface area contributed by atoms with Crippen molar-refractivity contribution in [1.82, 2.24) is 33.7 Å². The first-order valence-corrected chi connectivity index (χ1v) is 11.7. The van der Waals surface area contributed by atoms with Crippen LogP contribution in [0, 0.1) is 11.3 Å². The molecule has 12 heteroatoms. The van der Waals surface area contributed by atoms with Crippen molar-refractivity contribution in [3.05, 3.63) is 64.5 Å². The number of hydrogen-bond acceptors (Lipinski definition) is 9. The van der Waals surface area contributed by atoms with Gasteiger partial charge < -0.3 is 15.2 Å². The van der Waals surface area contributed by atoms with Crippen LogP contribution >= 0.6 is 0 Å². The highest BCUT2D eigenvalue weighted by atomic mass is 16.3. The predicted octanol–water partition coefficient (Wildman–Crippen LogP) is 0.988. The van der Waals surface area contributed by atoms with Crippen molar-refractivity contribution in [2.75, 3.05) is 43.5 Å². The van der Waals surface area contributed by atoms with E-state index in [1.165, 1.54) is 9.36 Å². The van der Waals surface area contributed by atoms with Crippen LogP contribution in [0.5, 0.6) is 0 Å². The minimum atomic E-state index is -0.405. The Morgan fingerprint density at radius 1 is 1.08 bits per heavy atom. The Kier molecular flexibility index (Phi) is 5.19. The lowest BCUT2D eigenvalue weighted by molar-refractivity contribution is 0.259. The van der Waals surface area contributed by atoms with E-state index in [4.69, 9.17) is 20.5 Å². The molecule has 0 radical (unpaired) electrons. The molecule has 2 N–H and O–H groups in total. The van der Waals surface area contributed by atoms with E-state index in [0.717, 1.165) is 38.4 Å². The number of fused-ring (bicyclic) bond motifs is 3. The van der Waals surface area contributed by atoms with Crippen LogP contribution in [0.4, 0.5) is 5.69 Å². The summed E-state index contributed by atoms with van der Waals surface area (Å²) in [6.45, 7) is 4.39. The van der Waals surface area contributed by atoms with Gasteiger partial charge in [-0.3, -0.25) is 4.90 Å².